The van der Waals surface area contributed by atoms with E-state index in [2.05, 4.69) is 5.32 Å². The van der Waals surface area contributed by atoms with Gasteiger partial charge in [-0.1, -0.05) is 36.4 Å². The molecule has 160 valence electrons. The van der Waals surface area contributed by atoms with Crippen molar-refractivity contribution in [3.05, 3.63) is 72.3 Å². The lowest BCUT2D eigenvalue weighted by atomic mass is 10.0. The molecule has 0 saturated heterocycles. The molecule has 0 bridgehead atoms. The van der Waals surface area contributed by atoms with E-state index in [1.807, 2.05) is 30.3 Å². The Kier molecular flexibility index (Phi) is 9.91. The maximum Gasteiger partial charge on any atom is 0.412 e. The van der Waals surface area contributed by atoms with E-state index in [0.717, 1.165) is 5.56 Å². The summed E-state index contributed by atoms with van der Waals surface area (Å²) in [5, 5.41) is 20.0. The third kappa shape index (κ3) is 8.34. The minimum Gasteiger partial charge on any atom is -0.491 e. The van der Waals surface area contributed by atoms with Crippen molar-refractivity contribution < 1.29 is 29.4 Å². The normalized spacial score (nSPS) is 11.7. The number of ether oxygens (including phenoxy) is 2. The second-order valence-corrected chi connectivity index (χ2v) is 6.34. The van der Waals surface area contributed by atoms with E-state index >= 15 is 0 Å². The van der Waals surface area contributed by atoms with Crippen LogP contribution in [0.5, 0.6) is 5.75 Å². The fourth-order valence-electron chi connectivity index (χ4n) is 2.68. The Hall–Kier alpha value is -3.36. The average Bonchev–Trinajstić information content (AvgIpc) is 2.77. The van der Waals surface area contributed by atoms with Crippen molar-refractivity contribution in [3.63, 3.8) is 0 Å². The average molecular weight is 414 g/mol. The first-order valence-electron chi connectivity index (χ1n) is 9.59. The van der Waals surface area contributed by atoms with Gasteiger partial charge in [-0.25, -0.2) is 10.3 Å². The van der Waals surface area contributed by atoms with Gasteiger partial charge in [-0.05, 0) is 49.1 Å². The first-order chi connectivity index (χ1) is 14.6. The number of hydroxylamine groups is 1. The molecule has 0 saturated carbocycles. The van der Waals surface area contributed by atoms with Gasteiger partial charge in [-0.15, -0.1) is 0 Å². The Morgan fingerprint density at radius 3 is 2.47 bits per heavy atom. The molecule has 8 nitrogen and oxygen atoms in total. The van der Waals surface area contributed by atoms with Gasteiger partial charge in [0.15, 0.2) is 0 Å². The molecule has 0 aliphatic carbocycles. The summed E-state index contributed by atoms with van der Waals surface area (Å²) in [5.74, 6) is 0.0155. The molecule has 2 rings (SSSR count). The van der Waals surface area contributed by atoms with Gasteiger partial charge < -0.3 is 14.6 Å². The topological polar surface area (TPSA) is 117 Å². The van der Waals surface area contributed by atoms with Crippen molar-refractivity contribution in [3.8, 4) is 5.75 Å². The van der Waals surface area contributed by atoms with Gasteiger partial charge in [0, 0.05) is 11.8 Å². The number of carbonyl (C=O) groups is 2. The molecule has 0 radical (unpaired) electrons. The molecule has 4 N–H and O–H groups in total. The van der Waals surface area contributed by atoms with E-state index in [0.29, 0.717) is 30.7 Å². The summed E-state index contributed by atoms with van der Waals surface area (Å²) < 4.78 is 11.0. The van der Waals surface area contributed by atoms with Crippen molar-refractivity contribution >= 4 is 17.7 Å². The van der Waals surface area contributed by atoms with Crippen LogP contribution in [0.3, 0.4) is 0 Å². The van der Waals surface area contributed by atoms with Crippen molar-refractivity contribution in [2.45, 2.75) is 25.4 Å². The lowest BCUT2D eigenvalue weighted by Gasteiger charge is -2.19. The molecule has 8 heteroatoms. The number of aliphatic hydroxyl groups is 1. The van der Waals surface area contributed by atoms with Crippen LogP contribution < -0.4 is 15.5 Å². The zero-order valence-corrected chi connectivity index (χ0v) is 16.5. The summed E-state index contributed by atoms with van der Waals surface area (Å²) in [5.41, 5.74) is 2.96. The maximum absolute atomic E-state index is 12.3. The van der Waals surface area contributed by atoms with E-state index < -0.39 is 18.1 Å². The summed E-state index contributed by atoms with van der Waals surface area (Å²) in [6.45, 7) is 0.126. The number of allylic oxidation sites excluding steroid dienone is 1. The zero-order chi connectivity index (χ0) is 21.6. The number of para-hydroxylation sites is 1. The molecule has 1 atom stereocenters. The Labute approximate surface area is 175 Å². The number of unbranched alkanes of at least 4 members (excludes halogenated alkanes) is 1. The lowest BCUT2D eigenvalue weighted by molar-refractivity contribution is -0.124. The van der Waals surface area contributed by atoms with Crippen LogP contribution in [0.1, 0.15) is 30.9 Å². The smallest absolute Gasteiger partial charge is 0.412 e. The Bertz CT molecular complexity index is 808. The highest BCUT2D eigenvalue weighted by atomic mass is 16.6. The molecular weight excluding hydrogens is 388 g/mol. The molecule has 0 heterocycles. The van der Waals surface area contributed by atoms with E-state index in [9.17, 15) is 9.59 Å². The summed E-state index contributed by atoms with van der Waals surface area (Å²) in [7, 11) is 0. The molecule has 0 aliphatic rings. The third-order valence-electron chi connectivity index (χ3n) is 4.10. The summed E-state index contributed by atoms with van der Waals surface area (Å²) in [6, 6.07) is 16.1. The highest BCUT2D eigenvalue weighted by Crippen LogP contribution is 2.26. The van der Waals surface area contributed by atoms with E-state index in [1.165, 1.54) is 11.6 Å². The molecule has 0 aliphatic heterocycles. The van der Waals surface area contributed by atoms with Gasteiger partial charge in [-0.2, -0.15) is 0 Å². The quantitative estimate of drug-likeness (QED) is 0.193. The number of anilines is 1. The van der Waals surface area contributed by atoms with Gasteiger partial charge in [0.2, 0.25) is 0 Å². The maximum atomic E-state index is 12.3. The van der Waals surface area contributed by atoms with Crippen LogP contribution in [0, 0.1) is 0 Å². The predicted octanol–water partition coefficient (Wildman–Crippen LogP) is 3.58. The molecular formula is C22H26N2O6. The monoisotopic (exact) mass is 414 g/mol. The van der Waals surface area contributed by atoms with Crippen LogP contribution >= 0.6 is 0 Å². The highest BCUT2D eigenvalue weighted by Gasteiger charge is 2.17. The molecule has 0 spiro atoms. The largest absolute Gasteiger partial charge is 0.491 e. The van der Waals surface area contributed by atoms with Gasteiger partial charge in [0.05, 0.1) is 6.61 Å². The van der Waals surface area contributed by atoms with Crippen molar-refractivity contribution in [2.75, 3.05) is 18.5 Å². The molecule has 2 aromatic carbocycles. The minimum atomic E-state index is -0.594. The Morgan fingerprint density at radius 2 is 1.80 bits per heavy atom. The summed E-state index contributed by atoms with van der Waals surface area (Å²) in [6.07, 6.45) is 3.57. The number of carbonyl (C=O) groups excluding carboxylic acids is 2. The molecule has 0 fully saturated rings. The number of benzene rings is 2. The van der Waals surface area contributed by atoms with E-state index in [4.69, 9.17) is 19.8 Å². The Morgan fingerprint density at radius 1 is 1.07 bits per heavy atom. The van der Waals surface area contributed by atoms with E-state index in [1.54, 1.807) is 30.3 Å². The van der Waals surface area contributed by atoms with Crippen LogP contribution in [0.15, 0.2) is 66.7 Å². The van der Waals surface area contributed by atoms with Crippen LogP contribution in [0.2, 0.25) is 0 Å². The zero-order valence-electron chi connectivity index (χ0n) is 16.5. The van der Waals surface area contributed by atoms with Crippen molar-refractivity contribution in [1.82, 2.24) is 5.48 Å². The SMILES string of the molecule is O=C(/C=C/CCC[C@@H](OC(=O)Nc1ccccc1)c1ccc(OCCO)cc1)NO. The second kappa shape index (κ2) is 13.0. The molecule has 0 unspecified atom stereocenters. The van der Waals surface area contributed by atoms with E-state index in [-0.39, 0.29) is 13.2 Å². The number of aliphatic hydroxyl groups excluding tert-OH is 1. The predicted molar refractivity (Wildman–Crippen MR) is 111 cm³/mol. The van der Waals surface area contributed by atoms with Crippen LogP contribution in [-0.2, 0) is 9.53 Å². The van der Waals surface area contributed by atoms with Crippen molar-refractivity contribution in [1.29, 1.82) is 0 Å². The standard InChI is InChI=1S/C22H26N2O6/c25-15-16-29-19-13-11-17(12-14-19)20(9-5-2-6-10-21(26)24-28)30-22(27)23-18-7-3-1-4-8-18/h1,3-4,6-8,10-14,20,25,28H,2,5,9,15-16H2,(H,23,27)(H,24,26)/b10-6+/t20-/m1/s1. The first-order valence-corrected chi connectivity index (χ1v) is 9.59. The fourth-order valence-corrected chi connectivity index (χ4v) is 2.68. The van der Waals surface area contributed by atoms with Gasteiger partial charge in [0.1, 0.15) is 18.5 Å². The van der Waals surface area contributed by atoms with Crippen LogP contribution in [0.4, 0.5) is 10.5 Å². The number of hydrogen-bond donors (Lipinski definition) is 4. The summed E-state index contributed by atoms with van der Waals surface area (Å²) in [4.78, 5) is 23.3. The van der Waals surface area contributed by atoms with Gasteiger partial charge in [-0.3, -0.25) is 15.3 Å². The number of rotatable bonds is 11. The fraction of sp³-hybridized carbons (Fsp3) is 0.273. The second-order valence-electron chi connectivity index (χ2n) is 6.34. The molecule has 2 amide bonds. The van der Waals surface area contributed by atoms with Gasteiger partial charge in [0.25, 0.3) is 5.91 Å². The number of nitrogens with one attached hydrogen (secondary N) is 2. The number of hydrogen-bond acceptors (Lipinski definition) is 6. The molecule has 0 aromatic heterocycles. The minimum absolute atomic E-state index is 0.0744. The molecule has 2 aromatic rings. The summed E-state index contributed by atoms with van der Waals surface area (Å²) >= 11 is 0. The third-order valence-corrected chi connectivity index (χ3v) is 4.10. The Balaban J connectivity index is 2.00. The van der Waals surface area contributed by atoms with Gasteiger partial charge >= 0.3 is 6.09 Å². The van der Waals surface area contributed by atoms with Crippen LogP contribution in [0.25, 0.3) is 0 Å². The molecule has 30 heavy (non-hydrogen) atoms. The lowest BCUT2D eigenvalue weighted by Crippen LogP contribution is -2.17. The van der Waals surface area contributed by atoms with Crippen molar-refractivity contribution in [2.24, 2.45) is 0 Å². The highest BCUT2D eigenvalue weighted by molar-refractivity contribution is 5.86. The number of amides is 2. The van der Waals surface area contributed by atoms with Crippen LogP contribution in [-0.4, -0.2) is 35.5 Å². The first kappa shape index (κ1) is 22.9.